The average Bonchev–Trinajstić information content (AvgIpc) is 3.24. The topological polar surface area (TPSA) is 46.3 Å². The van der Waals surface area contributed by atoms with Gasteiger partial charge in [-0.15, -0.1) is 0 Å². The Hall–Kier alpha value is -3.47. The van der Waals surface area contributed by atoms with Crippen LogP contribution >= 0.6 is 0 Å². The molecule has 0 bridgehead atoms. The number of amides is 1. The third-order valence-corrected chi connectivity index (χ3v) is 4.87. The second kappa shape index (κ2) is 5.77. The van der Waals surface area contributed by atoms with Crippen LogP contribution in [0.1, 0.15) is 21.5 Å². The van der Waals surface area contributed by atoms with Gasteiger partial charge in [0.25, 0.3) is 5.91 Å². The van der Waals surface area contributed by atoms with E-state index < -0.39 is 0 Å². The van der Waals surface area contributed by atoms with Crippen molar-refractivity contribution in [2.24, 2.45) is 0 Å². The Morgan fingerprint density at radius 2 is 1.93 bits per heavy atom. The highest BCUT2D eigenvalue weighted by atomic mass is 19.1. The van der Waals surface area contributed by atoms with Crippen LogP contribution in [-0.2, 0) is 6.54 Å². The van der Waals surface area contributed by atoms with Crippen LogP contribution in [0.15, 0.2) is 65.1 Å². The molecule has 0 N–H and O–H groups in total. The first kappa shape index (κ1) is 15.8. The van der Waals surface area contributed by atoms with Gasteiger partial charge in [-0.2, -0.15) is 0 Å². The number of carbonyl (C=O) groups is 1. The minimum atomic E-state index is -0.340. The maximum atomic E-state index is 13.5. The van der Waals surface area contributed by atoms with Gasteiger partial charge in [0.1, 0.15) is 11.3 Å². The molecule has 5 heteroatoms. The van der Waals surface area contributed by atoms with Gasteiger partial charge in [-0.05, 0) is 54.4 Å². The molecule has 1 aliphatic heterocycles. The molecule has 4 nitrogen and oxygen atoms in total. The van der Waals surface area contributed by atoms with E-state index in [1.54, 1.807) is 17.0 Å². The molecule has 1 aliphatic rings. The predicted octanol–water partition coefficient (Wildman–Crippen LogP) is 5.10. The molecule has 0 saturated carbocycles. The van der Waals surface area contributed by atoms with E-state index in [9.17, 15) is 9.18 Å². The van der Waals surface area contributed by atoms with Gasteiger partial charge in [0.2, 0.25) is 5.89 Å². The number of rotatable bonds is 2. The van der Waals surface area contributed by atoms with Gasteiger partial charge in [0, 0.05) is 16.8 Å². The number of oxazole rings is 1. The number of benzene rings is 3. The van der Waals surface area contributed by atoms with Gasteiger partial charge < -0.3 is 9.32 Å². The van der Waals surface area contributed by atoms with Gasteiger partial charge in [-0.3, -0.25) is 4.79 Å². The number of nitrogens with zero attached hydrogens (tertiary/aromatic N) is 2. The summed E-state index contributed by atoms with van der Waals surface area (Å²) in [4.78, 5) is 19.0. The van der Waals surface area contributed by atoms with Crippen molar-refractivity contribution < 1.29 is 13.6 Å². The summed E-state index contributed by atoms with van der Waals surface area (Å²) in [6.07, 6.45) is 0. The number of fused-ring (bicyclic) bond motifs is 2. The van der Waals surface area contributed by atoms with Crippen molar-refractivity contribution in [2.45, 2.75) is 13.5 Å². The van der Waals surface area contributed by atoms with Crippen LogP contribution in [0.4, 0.5) is 10.1 Å². The van der Waals surface area contributed by atoms with Crippen LogP contribution in [0.5, 0.6) is 0 Å². The Bertz CT molecular complexity index is 1210. The zero-order valence-electron chi connectivity index (χ0n) is 14.6. The van der Waals surface area contributed by atoms with Gasteiger partial charge in [0.15, 0.2) is 5.58 Å². The van der Waals surface area contributed by atoms with E-state index in [2.05, 4.69) is 4.98 Å². The van der Waals surface area contributed by atoms with Gasteiger partial charge in [0.05, 0.1) is 6.54 Å². The number of carbonyl (C=O) groups excluding carboxylic acids is 1. The van der Waals surface area contributed by atoms with Crippen LogP contribution in [-0.4, -0.2) is 10.9 Å². The summed E-state index contributed by atoms with van der Waals surface area (Å²) < 4.78 is 19.4. The highest BCUT2D eigenvalue weighted by Crippen LogP contribution is 2.34. The van der Waals surface area contributed by atoms with Gasteiger partial charge in [-0.25, -0.2) is 9.37 Å². The van der Waals surface area contributed by atoms with Crippen molar-refractivity contribution in [1.29, 1.82) is 0 Å². The molecule has 132 valence electrons. The van der Waals surface area contributed by atoms with Crippen LogP contribution in [0.3, 0.4) is 0 Å². The number of halogens is 1. The summed E-state index contributed by atoms with van der Waals surface area (Å²) in [5.74, 6) is 0.00609. The zero-order chi connectivity index (χ0) is 18.5. The Morgan fingerprint density at radius 3 is 2.74 bits per heavy atom. The van der Waals surface area contributed by atoms with Crippen molar-refractivity contribution in [3.63, 3.8) is 0 Å². The largest absolute Gasteiger partial charge is 0.436 e. The van der Waals surface area contributed by atoms with Crippen LogP contribution in [0.25, 0.3) is 22.6 Å². The van der Waals surface area contributed by atoms with E-state index >= 15 is 0 Å². The number of hydrogen-bond acceptors (Lipinski definition) is 3. The molecule has 1 aromatic heterocycles. The first-order chi connectivity index (χ1) is 13.1. The van der Waals surface area contributed by atoms with Crippen molar-refractivity contribution in [1.82, 2.24) is 4.98 Å². The summed E-state index contributed by atoms with van der Waals surface area (Å²) in [5, 5.41) is 0. The lowest BCUT2D eigenvalue weighted by molar-refractivity contribution is 0.0996. The Balaban J connectivity index is 1.59. The molecule has 5 rings (SSSR count). The van der Waals surface area contributed by atoms with E-state index in [1.165, 1.54) is 12.1 Å². The fourth-order valence-electron chi connectivity index (χ4n) is 3.55. The number of hydrogen-bond donors (Lipinski definition) is 0. The summed E-state index contributed by atoms with van der Waals surface area (Å²) in [7, 11) is 0. The molecule has 3 aromatic carbocycles. The molecule has 0 saturated heterocycles. The number of aromatic nitrogens is 1. The smallest absolute Gasteiger partial charge is 0.258 e. The highest BCUT2D eigenvalue weighted by molar-refractivity contribution is 6.10. The second-order valence-corrected chi connectivity index (χ2v) is 6.69. The van der Waals surface area contributed by atoms with E-state index in [0.717, 1.165) is 22.4 Å². The lowest BCUT2D eigenvalue weighted by Gasteiger charge is -2.16. The summed E-state index contributed by atoms with van der Waals surface area (Å²) >= 11 is 0. The molecule has 4 aromatic rings. The Morgan fingerprint density at radius 1 is 1.07 bits per heavy atom. The molecule has 0 atom stereocenters. The fourth-order valence-corrected chi connectivity index (χ4v) is 3.55. The second-order valence-electron chi connectivity index (χ2n) is 6.69. The lowest BCUT2D eigenvalue weighted by Crippen LogP contribution is -2.23. The molecule has 2 heterocycles. The van der Waals surface area contributed by atoms with Crippen LogP contribution in [0, 0.1) is 12.7 Å². The molecule has 0 aliphatic carbocycles. The molecule has 27 heavy (non-hydrogen) atoms. The molecule has 0 unspecified atom stereocenters. The minimum absolute atomic E-state index is 0.0156. The quantitative estimate of drug-likeness (QED) is 0.501. The lowest BCUT2D eigenvalue weighted by atomic mass is 10.1. The standard InChI is InChI=1S/C22H15FN2O2/c1-13-9-17(25-12-15-5-2-3-8-18(15)22(25)26)11-19-20(13)27-21(24-19)14-6-4-7-16(23)10-14/h2-11H,12H2,1H3. The van der Waals surface area contributed by atoms with Gasteiger partial charge in [-0.1, -0.05) is 24.3 Å². The number of anilines is 1. The Kier molecular flexibility index (Phi) is 3.37. The minimum Gasteiger partial charge on any atom is -0.436 e. The van der Waals surface area contributed by atoms with Gasteiger partial charge >= 0.3 is 0 Å². The maximum Gasteiger partial charge on any atom is 0.258 e. The summed E-state index contributed by atoms with van der Waals surface area (Å²) in [6.45, 7) is 2.45. The van der Waals surface area contributed by atoms with Crippen molar-refractivity contribution in [3.8, 4) is 11.5 Å². The molecule has 0 fully saturated rings. The van der Waals surface area contributed by atoms with E-state index in [1.807, 2.05) is 43.3 Å². The predicted molar refractivity (Wildman–Crippen MR) is 101 cm³/mol. The molecule has 1 amide bonds. The average molecular weight is 358 g/mol. The third-order valence-electron chi connectivity index (χ3n) is 4.87. The first-order valence-electron chi connectivity index (χ1n) is 8.67. The first-order valence-corrected chi connectivity index (χ1v) is 8.67. The summed E-state index contributed by atoms with van der Waals surface area (Å²) in [5.41, 5.74) is 5.27. The molecule has 0 radical (unpaired) electrons. The Labute approximate surface area is 154 Å². The molecule has 0 spiro atoms. The zero-order valence-corrected chi connectivity index (χ0v) is 14.6. The monoisotopic (exact) mass is 358 g/mol. The van der Waals surface area contributed by atoms with Crippen molar-refractivity contribution >= 4 is 22.7 Å². The van der Waals surface area contributed by atoms with E-state index in [-0.39, 0.29) is 11.7 Å². The van der Waals surface area contributed by atoms with Crippen molar-refractivity contribution in [3.05, 3.63) is 83.2 Å². The molecular formula is C22H15FN2O2. The fraction of sp³-hybridized carbons (Fsp3) is 0.0909. The van der Waals surface area contributed by atoms with E-state index in [0.29, 0.717) is 29.1 Å². The van der Waals surface area contributed by atoms with Crippen LogP contribution < -0.4 is 4.90 Å². The van der Waals surface area contributed by atoms with Crippen molar-refractivity contribution in [2.75, 3.05) is 4.90 Å². The van der Waals surface area contributed by atoms with E-state index in [4.69, 9.17) is 4.42 Å². The van der Waals surface area contributed by atoms with Crippen LogP contribution in [0.2, 0.25) is 0 Å². The summed E-state index contributed by atoms with van der Waals surface area (Å²) in [6, 6.07) is 17.5. The maximum absolute atomic E-state index is 13.5. The highest BCUT2D eigenvalue weighted by Gasteiger charge is 2.28. The number of aryl methyl sites for hydroxylation is 1. The SMILES string of the molecule is Cc1cc(N2Cc3ccccc3C2=O)cc2nc(-c3cccc(F)c3)oc12. The molecular weight excluding hydrogens is 343 g/mol. The normalized spacial score (nSPS) is 13.4. The third kappa shape index (κ3) is 2.51.